The third kappa shape index (κ3) is 3.55. The van der Waals surface area contributed by atoms with Crippen LogP contribution in [0.15, 0.2) is 18.2 Å². The molecule has 1 aromatic rings. The van der Waals surface area contributed by atoms with Crippen molar-refractivity contribution in [1.29, 1.82) is 0 Å². The lowest BCUT2D eigenvalue weighted by atomic mass is 10.1. The number of anilines is 1. The Hall–Kier alpha value is -1.55. The molecule has 0 atom stereocenters. The zero-order valence-corrected chi connectivity index (χ0v) is 9.75. The molecule has 0 bridgehead atoms. The SMILES string of the molecule is COCCCNC(=O)c1ccc(N)c(C)c1. The molecule has 3 N–H and O–H groups in total. The van der Waals surface area contributed by atoms with Crippen LogP contribution in [-0.2, 0) is 4.74 Å². The van der Waals surface area contributed by atoms with Gasteiger partial charge in [0.15, 0.2) is 0 Å². The summed E-state index contributed by atoms with van der Waals surface area (Å²) < 4.78 is 4.90. The Morgan fingerprint density at radius 3 is 2.88 bits per heavy atom. The van der Waals surface area contributed by atoms with Gasteiger partial charge in [-0.05, 0) is 37.1 Å². The number of aryl methyl sites for hydroxylation is 1. The summed E-state index contributed by atoms with van der Waals surface area (Å²) in [5.74, 6) is -0.0702. The minimum Gasteiger partial charge on any atom is -0.399 e. The zero-order chi connectivity index (χ0) is 12.0. The lowest BCUT2D eigenvalue weighted by Gasteiger charge is -2.06. The Bertz CT molecular complexity index is 364. The van der Waals surface area contributed by atoms with Crippen LogP contribution in [0.25, 0.3) is 0 Å². The summed E-state index contributed by atoms with van der Waals surface area (Å²) in [5, 5.41) is 2.82. The number of carbonyl (C=O) groups excluding carboxylic acids is 1. The van der Waals surface area contributed by atoms with Crippen LogP contribution in [0.4, 0.5) is 5.69 Å². The first-order valence-corrected chi connectivity index (χ1v) is 5.28. The van der Waals surface area contributed by atoms with E-state index in [1.54, 1.807) is 25.3 Å². The average Bonchev–Trinajstić information content (AvgIpc) is 2.28. The highest BCUT2D eigenvalue weighted by Gasteiger charge is 2.05. The van der Waals surface area contributed by atoms with Crippen LogP contribution in [-0.4, -0.2) is 26.2 Å². The first kappa shape index (κ1) is 12.5. The summed E-state index contributed by atoms with van der Waals surface area (Å²) >= 11 is 0. The Morgan fingerprint density at radius 1 is 1.50 bits per heavy atom. The number of rotatable bonds is 5. The number of nitrogen functional groups attached to an aromatic ring is 1. The van der Waals surface area contributed by atoms with Crippen molar-refractivity contribution in [2.45, 2.75) is 13.3 Å². The summed E-state index contributed by atoms with van der Waals surface area (Å²) in [6.07, 6.45) is 0.816. The molecule has 0 spiro atoms. The van der Waals surface area contributed by atoms with Crippen LogP contribution >= 0.6 is 0 Å². The molecular weight excluding hydrogens is 204 g/mol. The molecule has 0 aliphatic rings. The van der Waals surface area contributed by atoms with Crippen LogP contribution in [0, 0.1) is 6.92 Å². The van der Waals surface area contributed by atoms with E-state index in [2.05, 4.69) is 5.32 Å². The minimum atomic E-state index is -0.0702. The molecule has 88 valence electrons. The average molecular weight is 222 g/mol. The van der Waals surface area contributed by atoms with Gasteiger partial charge in [-0.15, -0.1) is 0 Å². The molecule has 0 saturated heterocycles. The van der Waals surface area contributed by atoms with Crippen molar-refractivity contribution in [1.82, 2.24) is 5.32 Å². The van der Waals surface area contributed by atoms with E-state index in [0.29, 0.717) is 24.4 Å². The van der Waals surface area contributed by atoms with E-state index in [4.69, 9.17) is 10.5 Å². The number of hydrogen-bond donors (Lipinski definition) is 2. The van der Waals surface area contributed by atoms with Gasteiger partial charge in [0.1, 0.15) is 0 Å². The van der Waals surface area contributed by atoms with Crippen molar-refractivity contribution in [2.24, 2.45) is 0 Å². The van der Waals surface area contributed by atoms with E-state index in [1.165, 1.54) is 0 Å². The second-order valence-corrected chi connectivity index (χ2v) is 3.67. The van der Waals surface area contributed by atoms with Crippen molar-refractivity contribution in [2.75, 3.05) is 26.0 Å². The third-order valence-electron chi connectivity index (χ3n) is 2.34. The molecular formula is C12H18N2O2. The molecule has 0 fully saturated rings. The minimum absolute atomic E-state index is 0.0702. The van der Waals surface area contributed by atoms with Crippen molar-refractivity contribution >= 4 is 11.6 Å². The number of benzene rings is 1. The lowest BCUT2D eigenvalue weighted by molar-refractivity contribution is 0.0948. The number of nitrogens with one attached hydrogen (secondary N) is 1. The highest BCUT2D eigenvalue weighted by Crippen LogP contribution is 2.12. The molecule has 0 aliphatic heterocycles. The normalized spacial score (nSPS) is 10.1. The maximum atomic E-state index is 11.7. The molecule has 4 heteroatoms. The number of ether oxygens (including phenoxy) is 1. The summed E-state index contributed by atoms with van der Waals surface area (Å²) in [6, 6.07) is 5.27. The predicted octanol–water partition coefficient (Wildman–Crippen LogP) is 1.34. The van der Waals surface area contributed by atoms with Crippen molar-refractivity contribution in [3.8, 4) is 0 Å². The Morgan fingerprint density at radius 2 is 2.25 bits per heavy atom. The van der Waals surface area contributed by atoms with E-state index >= 15 is 0 Å². The quantitative estimate of drug-likeness (QED) is 0.583. The summed E-state index contributed by atoms with van der Waals surface area (Å²) in [6.45, 7) is 3.16. The topological polar surface area (TPSA) is 64.3 Å². The maximum Gasteiger partial charge on any atom is 0.251 e. The van der Waals surface area contributed by atoms with Crippen LogP contribution in [0.3, 0.4) is 0 Å². The summed E-state index contributed by atoms with van der Waals surface area (Å²) in [7, 11) is 1.64. The number of carbonyl (C=O) groups is 1. The van der Waals surface area contributed by atoms with Gasteiger partial charge >= 0.3 is 0 Å². The van der Waals surface area contributed by atoms with E-state index in [-0.39, 0.29) is 5.91 Å². The van der Waals surface area contributed by atoms with Crippen LogP contribution < -0.4 is 11.1 Å². The van der Waals surface area contributed by atoms with Crippen molar-refractivity contribution in [3.05, 3.63) is 29.3 Å². The van der Waals surface area contributed by atoms with Gasteiger partial charge in [0.2, 0.25) is 0 Å². The van der Waals surface area contributed by atoms with Gasteiger partial charge in [-0.2, -0.15) is 0 Å². The molecule has 0 aromatic heterocycles. The monoisotopic (exact) mass is 222 g/mol. The number of nitrogens with two attached hydrogens (primary N) is 1. The molecule has 0 unspecified atom stereocenters. The Labute approximate surface area is 95.8 Å². The highest BCUT2D eigenvalue weighted by molar-refractivity contribution is 5.94. The fourth-order valence-corrected chi connectivity index (χ4v) is 1.34. The maximum absolute atomic E-state index is 11.7. The zero-order valence-electron chi connectivity index (χ0n) is 9.75. The van der Waals surface area contributed by atoms with Crippen LogP contribution in [0.5, 0.6) is 0 Å². The fraction of sp³-hybridized carbons (Fsp3) is 0.417. The van der Waals surface area contributed by atoms with Crippen molar-refractivity contribution < 1.29 is 9.53 Å². The van der Waals surface area contributed by atoms with Gasteiger partial charge in [-0.3, -0.25) is 4.79 Å². The van der Waals surface area contributed by atoms with Crippen molar-refractivity contribution in [3.63, 3.8) is 0 Å². The molecule has 4 nitrogen and oxygen atoms in total. The summed E-state index contributed by atoms with van der Waals surface area (Å²) in [4.78, 5) is 11.7. The summed E-state index contributed by atoms with van der Waals surface area (Å²) in [5.41, 5.74) is 7.95. The van der Waals surface area contributed by atoms with Crippen LogP contribution in [0.2, 0.25) is 0 Å². The molecule has 16 heavy (non-hydrogen) atoms. The van der Waals surface area contributed by atoms with Gasteiger partial charge in [0, 0.05) is 31.5 Å². The largest absolute Gasteiger partial charge is 0.399 e. The fourth-order valence-electron chi connectivity index (χ4n) is 1.34. The second-order valence-electron chi connectivity index (χ2n) is 3.67. The van der Waals surface area contributed by atoms with Crippen LogP contribution in [0.1, 0.15) is 22.3 Å². The molecule has 0 radical (unpaired) electrons. The van der Waals surface area contributed by atoms with E-state index in [0.717, 1.165) is 12.0 Å². The first-order chi connectivity index (χ1) is 7.65. The van der Waals surface area contributed by atoms with Gasteiger partial charge in [0.25, 0.3) is 5.91 Å². The van der Waals surface area contributed by atoms with E-state index in [9.17, 15) is 4.79 Å². The predicted molar refractivity (Wildman–Crippen MR) is 64.4 cm³/mol. The smallest absolute Gasteiger partial charge is 0.251 e. The van der Waals surface area contributed by atoms with Gasteiger partial charge in [-0.1, -0.05) is 0 Å². The number of hydrogen-bond acceptors (Lipinski definition) is 3. The third-order valence-corrected chi connectivity index (χ3v) is 2.34. The first-order valence-electron chi connectivity index (χ1n) is 5.28. The molecule has 0 saturated carbocycles. The van der Waals surface area contributed by atoms with Gasteiger partial charge in [0.05, 0.1) is 0 Å². The van der Waals surface area contributed by atoms with E-state index < -0.39 is 0 Å². The number of methoxy groups -OCH3 is 1. The Kier molecular flexibility index (Phi) is 4.79. The highest BCUT2D eigenvalue weighted by atomic mass is 16.5. The van der Waals surface area contributed by atoms with Gasteiger partial charge in [-0.25, -0.2) is 0 Å². The molecule has 0 aliphatic carbocycles. The molecule has 0 heterocycles. The molecule has 1 aromatic carbocycles. The van der Waals surface area contributed by atoms with Gasteiger partial charge < -0.3 is 15.8 Å². The Balaban J connectivity index is 2.50. The van der Waals surface area contributed by atoms with E-state index in [1.807, 2.05) is 6.92 Å². The molecule has 1 rings (SSSR count). The number of amides is 1. The molecule has 1 amide bonds. The standard InChI is InChI=1S/C12H18N2O2/c1-9-8-10(4-5-11(9)13)12(15)14-6-3-7-16-2/h4-5,8H,3,6-7,13H2,1-2H3,(H,14,15). The lowest BCUT2D eigenvalue weighted by Crippen LogP contribution is -2.25. The second kappa shape index (κ2) is 6.12.